The third-order valence-electron chi connectivity index (χ3n) is 2.24. The second-order valence-corrected chi connectivity index (χ2v) is 3.80. The summed E-state index contributed by atoms with van der Waals surface area (Å²) in [7, 11) is -3.60. The normalized spacial score (nSPS) is 12.1. The molecule has 0 amide bonds. The van der Waals surface area contributed by atoms with Crippen LogP contribution in [0.1, 0.15) is 16.7 Å². The van der Waals surface area contributed by atoms with E-state index in [0.29, 0.717) is 0 Å². The van der Waals surface area contributed by atoms with E-state index >= 15 is 0 Å². The molecule has 0 fully saturated rings. The van der Waals surface area contributed by atoms with E-state index in [2.05, 4.69) is 4.65 Å². The first-order valence-corrected chi connectivity index (χ1v) is 5.02. The third kappa shape index (κ3) is 6.47. The Hall–Kier alpha value is -0.430. The molecule has 0 saturated carbocycles. The van der Waals surface area contributed by atoms with Crippen LogP contribution in [0.5, 0.6) is 5.75 Å². The minimum atomic E-state index is -5.72. The summed E-state index contributed by atoms with van der Waals surface area (Å²) in [6.45, 7) is 0. The van der Waals surface area contributed by atoms with E-state index in [4.69, 9.17) is 0 Å². The minimum Gasteiger partial charge on any atom is -0.860 e. The number of rotatable bonds is 2. The largest absolute Gasteiger partial charge is 1.00 e. The van der Waals surface area contributed by atoms with Gasteiger partial charge in [-0.1, -0.05) is 0 Å². The van der Waals surface area contributed by atoms with E-state index in [9.17, 15) is 49.6 Å². The Kier molecular flexibility index (Phi) is 8.92. The Balaban J connectivity index is 0. The molecule has 1 aromatic carbocycles. The molecule has 1 rings (SSSR count). The van der Waals surface area contributed by atoms with Crippen molar-refractivity contribution in [3.8, 4) is 5.75 Å². The molecular weight excluding hydrogens is 352 g/mol. The number of alkyl halides is 9. The molecule has 3 nitrogen and oxygen atoms in total. The van der Waals surface area contributed by atoms with Crippen molar-refractivity contribution in [2.45, 2.75) is 18.5 Å². The maximum Gasteiger partial charge on any atom is 1.00 e. The van der Waals surface area contributed by atoms with Crippen LogP contribution >= 0.6 is 0 Å². The van der Waals surface area contributed by atoms with Gasteiger partial charge in [0.1, 0.15) is 13.1 Å². The van der Waals surface area contributed by atoms with Crippen LogP contribution < -0.4 is 52.4 Å². The summed E-state index contributed by atoms with van der Waals surface area (Å²) < 4.78 is 116. The predicted molar refractivity (Wildman–Crippen MR) is 47.8 cm³/mol. The van der Waals surface area contributed by atoms with Gasteiger partial charge in [-0.15, -0.1) is 0 Å². The molecule has 0 aromatic heterocycles. The van der Waals surface area contributed by atoms with Crippen LogP contribution in [0.15, 0.2) is 12.1 Å². The van der Waals surface area contributed by atoms with E-state index in [-0.39, 0.29) is 37.7 Å². The zero-order valence-corrected chi connectivity index (χ0v) is 11.9. The standard InChI is InChI=1S/C9H2BF9O3.2Li/c11-7(12,13)3-1-4(8(14,15)16)6(22-10(20)21)5(2-3)9(17,18)19;;/h1-2H;;/q-2;2*+1. The van der Waals surface area contributed by atoms with Crippen LogP contribution in [0.3, 0.4) is 0 Å². The fourth-order valence-electron chi connectivity index (χ4n) is 1.44. The van der Waals surface area contributed by atoms with Gasteiger partial charge >= 0.3 is 56.3 Å². The first-order valence-electron chi connectivity index (χ1n) is 5.02. The first kappa shape index (κ1) is 25.8. The van der Waals surface area contributed by atoms with Gasteiger partial charge in [0, 0.05) is 0 Å². The SMILES string of the molecule is [Li+].[Li+].[O-]B([O-])Oc1c(C(F)(F)F)cc(C(F)(F)F)cc1C(F)(F)F. The van der Waals surface area contributed by atoms with Crippen molar-refractivity contribution in [2.75, 3.05) is 0 Å². The van der Waals surface area contributed by atoms with Gasteiger partial charge in [0.05, 0.1) is 16.7 Å². The summed E-state index contributed by atoms with van der Waals surface area (Å²) in [5, 5.41) is 20.4. The molecule has 0 spiro atoms. The molecule has 0 aliphatic heterocycles. The van der Waals surface area contributed by atoms with Gasteiger partial charge in [-0.05, 0) is 12.1 Å². The fraction of sp³-hybridized carbons (Fsp3) is 0.333. The number of hydrogen-bond donors (Lipinski definition) is 0. The molecule has 0 aliphatic rings. The van der Waals surface area contributed by atoms with Gasteiger partial charge < -0.3 is 14.7 Å². The summed E-state index contributed by atoms with van der Waals surface area (Å²) in [4.78, 5) is 0. The van der Waals surface area contributed by atoms with Gasteiger partial charge in [-0.3, -0.25) is 0 Å². The van der Waals surface area contributed by atoms with Crippen molar-refractivity contribution in [2.24, 2.45) is 0 Å². The molecule has 0 heterocycles. The predicted octanol–water partition coefficient (Wildman–Crippen LogP) is -4.16. The summed E-state index contributed by atoms with van der Waals surface area (Å²) in [5.74, 6) is -2.29. The fourth-order valence-corrected chi connectivity index (χ4v) is 1.44. The smallest absolute Gasteiger partial charge is 0.860 e. The van der Waals surface area contributed by atoms with Gasteiger partial charge in [0.15, 0.2) is 0 Å². The Labute approximate surface area is 152 Å². The zero-order valence-electron chi connectivity index (χ0n) is 11.9. The van der Waals surface area contributed by atoms with Crippen molar-refractivity contribution < 1.29 is 91.9 Å². The summed E-state index contributed by atoms with van der Waals surface area (Å²) in [6, 6.07) is -1.35. The molecule has 124 valence electrons. The monoisotopic (exact) mass is 354 g/mol. The number of benzene rings is 1. The second kappa shape index (κ2) is 8.30. The van der Waals surface area contributed by atoms with Crippen LogP contribution in [-0.2, 0) is 18.5 Å². The molecule has 0 saturated heterocycles. The van der Waals surface area contributed by atoms with Crippen LogP contribution in [0.2, 0.25) is 0 Å². The van der Waals surface area contributed by atoms with E-state index in [1.54, 1.807) is 0 Å². The maximum atomic E-state index is 12.6. The van der Waals surface area contributed by atoms with Crippen LogP contribution in [0.25, 0.3) is 0 Å². The van der Waals surface area contributed by atoms with Crippen molar-refractivity contribution >= 4 is 7.32 Å². The number of halogens is 9. The van der Waals surface area contributed by atoms with Crippen LogP contribution in [-0.4, -0.2) is 7.32 Å². The summed E-state index contributed by atoms with van der Waals surface area (Å²) in [5.41, 5.74) is -7.30. The van der Waals surface area contributed by atoms with E-state index in [1.807, 2.05) is 0 Å². The molecule has 24 heavy (non-hydrogen) atoms. The average molecular weight is 354 g/mol. The minimum absolute atomic E-state index is 0. The van der Waals surface area contributed by atoms with Gasteiger partial charge in [-0.25, -0.2) is 0 Å². The topological polar surface area (TPSA) is 55.3 Å². The van der Waals surface area contributed by atoms with Crippen molar-refractivity contribution in [3.05, 3.63) is 28.8 Å². The molecule has 0 unspecified atom stereocenters. The summed E-state index contributed by atoms with van der Waals surface area (Å²) in [6.07, 6.45) is -17.0. The van der Waals surface area contributed by atoms with Gasteiger partial charge in [0.2, 0.25) is 0 Å². The van der Waals surface area contributed by atoms with E-state index in [0.717, 1.165) is 0 Å². The molecule has 0 bridgehead atoms. The molecule has 15 heteroatoms. The van der Waals surface area contributed by atoms with E-state index in [1.165, 1.54) is 0 Å². The Morgan fingerprint density at radius 1 is 0.708 bits per heavy atom. The number of hydrogen-bond acceptors (Lipinski definition) is 3. The first-order chi connectivity index (χ1) is 9.64. The van der Waals surface area contributed by atoms with Crippen molar-refractivity contribution in [1.29, 1.82) is 0 Å². The average Bonchev–Trinajstić information content (AvgIpc) is 2.23. The van der Waals surface area contributed by atoms with Gasteiger partial charge in [0.25, 0.3) is 0 Å². The van der Waals surface area contributed by atoms with E-state index < -0.39 is 60.4 Å². The Bertz CT molecular complexity index is 522. The zero-order chi connectivity index (χ0) is 17.5. The van der Waals surface area contributed by atoms with Crippen molar-refractivity contribution in [3.63, 3.8) is 0 Å². The van der Waals surface area contributed by atoms with Crippen LogP contribution in [0.4, 0.5) is 39.5 Å². The summed E-state index contributed by atoms with van der Waals surface area (Å²) >= 11 is 0. The third-order valence-corrected chi connectivity index (χ3v) is 2.24. The quantitative estimate of drug-likeness (QED) is 0.400. The maximum absolute atomic E-state index is 12.6. The molecule has 0 aliphatic carbocycles. The van der Waals surface area contributed by atoms with Crippen molar-refractivity contribution in [1.82, 2.24) is 0 Å². The Morgan fingerprint density at radius 2 is 1.04 bits per heavy atom. The molecule has 0 N–H and O–H groups in total. The molecule has 0 radical (unpaired) electrons. The molecule has 0 atom stereocenters. The van der Waals surface area contributed by atoms with Crippen LogP contribution in [0, 0.1) is 0 Å². The van der Waals surface area contributed by atoms with Gasteiger partial charge in [-0.2, -0.15) is 39.5 Å². The molecular formula is C9H2BF9Li2O3. The Morgan fingerprint density at radius 3 is 1.25 bits per heavy atom. The molecule has 1 aromatic rings. The second-order valence-electron chi connectivity index (χ2n) is 3.80.